The highest BCUT2D eigenvalue weighted by Gasteiger charge is 2.03. The van der Waals surface area contributed by atoms with Gasteiger partial charge in [0.05, 0.1) is 12.1 Å². The van der Waals surface area contributed by atoms with Gasteiger partial charge in [-0.15, -0.1) is 0 Å². The zero-order chi connectivity index (χ0) is 17.7. The number of carbonyl (C=O) groups is 2. The molecule has 23 heavy (non-hydrogen) atoms. The Hall–Kier alpha value is -2.80. The van der Waals surface area contributed by atoms with Crippen LogP contribution in [0, 0.1) is 0 Å². The summed E-state index contributed by atoms with van der Waals surface area (Å²) in [4.78, 5) is 19.1. The number of aliphatic hydroxyl groups excluding tert-OH is 1. The van der Waals surface area contributed by atoms with E-state index >= 15 is 0 Å². The monoisotopic (exact) mass is 320 g/mol. The molecule has 0 aromatic carbocycles. The lowest BCUT2D eigenvalue weighted by Gasteiger charge is -2.10. The molecule has 0 spiro atoms. The Kier molecular flexibility index (Phi) is 10.4. The Balaban J connectivity index is 0.000000318. The molecule has 124 valence electrons. The van der Waals surface area contributed by atoms with Gasteiger partial charge in [-0.05, 0) is 0 Å². The molecule has 0 radical (unpaired) electrons. The summed E-state index contributed by atoms with van der Waals surface area (Å²) in [6.07, 6.45) is 5.11. The van der Waals surface area contributed by atoms with Crippen molar-refractivity contribution in [1.82, 2.24) is 0 Å². The van der Waals surface area contributed by atoms with Crippen molar-refractivity contribution in [3.63, 3.8) is 0 Å². The van der Waals surface area contributed by atoms with E-state index in [2.05, 4.69) is 0 Å². The third-order valence-corrected chi connectivity index (χ3v) is 2.36. The lowest BCUT2D eigenvalue weighted by atomic mass is 10.3. The summed E-state index contributed by atoms with van der Waals surface area (Å²) in [5.41, 5.74) is 0. The van der Waals surface area contributed by atoms with E-state index in [1.165, 1.54) is 0 Å². The summed E-state index contributed by atoms with van der Waals surface area (Å²) in [6, 6.07) is 12.0. The fraction of sp³-hybridized carbons (Fsp3) is 0.250. The van der Waals surface area contributed by atoms with Crippen molar-refractivity contribution < 1.29 is 34.0 Å². The predicted octanol–water partition coefficient (Wildman–Crippen LogP) is -2.74. The molecule has 0 saturated carbocycles. The van der Waals surface area contributed by atoms with E-state index in [1.807, 2.05) is 84.4 Å². The number of carboxylic acid groups (broad SMARTS) is 2. The van der Waals surface area contributed by atoms with Crippen LogP contribution >= 0.6 is 0 Å². The van der Waals surface area contributed by atoms with Crippen molar-refractivity contribution in [3.8, 4) is 0 Å². The van der Waals surface area contributed by atoms with Crippen LogP contribution in [0.5, 0.6) is 0 Å². The molecule has 1 atom stereocenters. The SMILES string of the molecule is C[n+]1ccccc1.C[n+]1ccccc1.O=C([O-])CC(O)C(=O)[O-]. The van der Waals surface area contributed by atoms with Crippen molar-refractivity contribution in [2.24, 2.45) is 14.1 Å². The number of carboxylic acids is 2. The standard InChI is InChI=1S/2C6H8N.C4H6O5/c2*1-7-5-3-2-4-6-7;5-2(4(8)9)1-3(6)7/h2*2-6H,1H3;2,5H,1H2,(H,6,7)(H,8,9)/q2*+1;/p-2. The van der Waals surface area contributed by atoms with Crippen LogP contribution in [-0.2, 0) is 23.7 Å². The van der Waals surface area contributed by atoms with Gasteiger partial charge in [0, 0.05) is 36.7 Å². The van der Waals surface area contributed by atoms with E-state index in [0.717, 1.165) is 0 Å². The van der Waals surface area contributed by atoms with E-state index in [9.17, 15) is 19.8 Å². The lowest BCUT2D eigenvalue weighted by molar-refractivity contribution is -0.671. The van der Waals surface area contributed by atoms with E-state index in [0.29, 0.717) is 0 Å². The van der Waals surface area contributed by atoms with Crippen molar-refractivity contribution in [3.05, 3.63) is 61.2 Å². The fourth-order valence-corrected chi connectivity index (χ4v) is 1.21. The number of aliphatic carboxylic acids is 2. The molecule has 2 heterocycles. The molecule has 2 aromatic rings. The van der Waals surface area contributed by atoms with Crippen LogP contribution in [-0.4, -0.2) is 23.1 Å². The molecule has 0 fully saturated rings. The highest BCUT2D eigenvalue weighted by atomic mass is 16.4. The summed E-state index contributed by atoms with van der Waals surface area (Å²) >= 11 is 0. The molecule has 0 saturated heterocycles. The first-order chi connectivity index (χ1) is 10.8. The van der Waals surface area contributed by atoms with E-state index < -0.39 is 24.5 Å². The maximum absolute atomic E-state index is 9.58. The second kappa shape index (κ2) is 11.8. The number of carbonyl (C=O) groups excluding carboxylic acids is 2. The zero-order valence-corrected chi connectivity index (χ0v) is 13.0. The summed E-state index contributed by atoms with van der Waals surface area (Å²) in [6.45, 7) is 0. The first-order valence-electron chi connectivity index (χ1n) is 6.72. The number of nitrogens with zero attached hydrogens (tertiary/aromatic N) is 2. The van der Waals surface area contributed by atoms with Gasteiger partial charge in [-0.25, -0.2) is 9.13 Å². The minimum absolute atomic E-state index is 0.928. The number of rotatable bonds is 3. The molecule has 1 unspecified atom stereocenters. The summed E-state index contributed by atoms with van der Waals surface area (Å²) in [5.74, 6) is -3.43. The Labute approximate surface area is 134 Å². The Morgan fingerprint density at radius 3 is 1.35 bits per heavy atom. The van der Waals surface area contributed by atoms with Crippen molar-refractivity contribution in [2.45, 2.75) is 12.5 Å². The molecular formula is C16H20N2O5. The van der Waals surface area contributed by atoms with Crippen molar-refractivity contribution in [2.75, 3.05) is 0 Å². The van der Waals surface area contributed by atoms with E-state index in [4.69, 9.17) is 5.11 Å². The Morgan fingerprint density at radius 2 is 1.22 bits per heavy atom. The minimum atomic E-state index is -1.96. The van der Waals surface area contributed by atoms with Crippen molar-refractivity contribution in [1.29, 1.82) is 0 Å². The molecule has 7 nitrogen and oxygen atoms in total. The summed E-state index contributed by atoms with van der Waals surface area (Å²) < 4.78 is 4.00. The van der Waals surface area contributed by atoms with Gasteiger partial charge < -0.3 is 24.9 Å². The van der Waals surface area contributed by atoms with Gasteiger partial charge >= 0.3 is 0 Å². The van der Waals surface area contributed by atoms with E-state index in [-0.39, 0.29) is 0 Å². The Bertz CT molecular complexity index is 538. The molecule has 1 N–H and O–H groups in total. The maximum atomic E-state index is 9.58. The molecule has 2 aromatic heterocycles. The van der Waals surface area contributed by atoms with Gasteiger partial charge in [0.15, 0.2) is 24.8 Å². The van der Waals surface area contributed by atoms with Crippen LogP contribution in [0.4, 0.5) is 0 Å². The average Bonchev–Trinajstić information content (AvgIpc) is 2.49. The third-order valence-electron chi connectivity index (χ3n) is 2.36. The number of aromatic nitrogens is 2. The van der Waals surface area contributed by atoms with Gasteiger partial charge in [-0.1, -0.05) is 12.1 Å². The van der Waals surface area contributed by atoms with Crippen LogP contribution < -0.4 is 19.3 Å². The van der Waals surface area contributed by atoms with Gasteiger partial charge in [0.25, 0.3) is 0 Å². The molecule has 0 aliphatic rings. The lowest BCUT2D eigenvalue weighted by Crippen LogP contribution is -2.39. The van der Waals surface area contributed by atoms with Gasteiger partial charge in [-0.2, -0.15) is 0 Å². The van der Waals surface area contributed by atoms with E-state index in [1.54, 1.807) is 0 Å². The summed E-state index contributed by atoms with van der Waals surface area (Å²) in [7, 11) is 4.00. The van der Waals surface area contributed by atoms with Gasteiger partial charge in [0.1, 0.15) is 14.1 Å². The highest BCUT2D eigenvalue weighted by Crippen LogP contribution is 1.85. The fourth-order valence-electron chi connectivity index (χ4n) is 1.21. The second-order valence-corrected chi connectivity index (χ2v) is 4.49. The zero-order valence-electron chi connectivity index (χ0n) is 13.0. The van der Waals surface area contributed by atoms with Gasteiger partial charge in [0.2, 0.25) is 0 Å². The van der Waals surface area contributed by atoms with Crippen LogP contribution in [0.15, 0.2) is 61.2 Å². The van der Waals surface area contributed by atoms with Gasteiger partial charge in [-0.3, -0.25) is 0 Å². The predicted molar refractivity (Wildman–Crippen MR) is 75.9 cm³/mol. The van der Waals surface area contributed by atoms with Crippen LogP contribution in [0.2, 0.25) is 0 Å². The molecule has 7 heteroatoms. The average molecular weight is 320 g/mol. The maximum Gasteiger partial charge on any atom is 0.168 e. The number of aliphatic hydroxyl groups is 1. The highest BCUT2D eigenvalue weighted by molar-refractivity contribution is 5.76. The largest absolute Gasteiger partial charge is 0.550 e. The number of aryl methyl sites for hydroxylation is 2. The molecule has 0 bridgehead atoms. The number of hydrogen-bond donors (Lipinski definition) is 1. The first-order valence-corrected chi connectivity index (χ1v) is 6.72. The first kappa shape index (κ1) is 20.2. The van der Waals surface area contributed by atoms with Crippen molar-refractivity contribution >= 4 is 11.9 Å². The topological polar surface area (TPSA) is 108 Å². The molecular weight excluding hydrogens is 300 g/mol. The third kappa shape index (κ3) is 12.6. The molecule has 0 aliphatic carbocycles. The Morgan fingerprint density at radius 1 is 0.870 bits per heavy atom. The minimum Gasteiger partial charge on any atom is -0.550 e. The quantitative estimate of drug-likeness (QED) is 0.617. The smallest absolute Gasteiger partial charge is 0.168 e. The molecule has 0 amide bonds. The van der Waals surface area contributed by atoms with Crippen LogP contribution in [0.1, 0.15) is 6.42 Å². The molecule has 2 rings (SSSR count). The number of pyridine rings is 2. The second-order valence-electron chi connectivity index (χ2n) is 4.49. The summed E-state index contributed by atoms with van der Waals surface area (Å²) in [5, 5.41) is 27.3. The van der Waals surface area contributed by atoms with Crippen LogP contribution in [0.25, 0.3) is 0 Å². The number of hydrogen-bond acceptors (Lipinski definition) is 5. The van der Waals surface area contributed by atoms with Crippen LogP contribution in [0.3, 0.4) is 0 Å². The molecule has 0 aliphatic heterocycles. The normalized spacial score (nSPS) is 10.2.